The maximum absolute atomic E-state index is 12.6. The van der Waals surface area contributed by atoms with Gasteiger partial charge >= 0.3 is 0 Å². The standard InChI is InChI=1S/C22H45N7O8/c23-4-3-13(31)20(33)29-12-5-11(26)14(35-21-10(25)2-1-9(7-24)34-21)6-15(12)36-22-18(28)17(27)19(32)16(8-30)37-22/h9-19,21-22,30-32H,1-8,23-28H2,(H,29,33)/t9-,10+,11-,12+,13-,14-,15+,16+,17+,18+,19+,21+,22-/m0/s1. The molecule has 3 aliphatic rings. The molecule has 2 heterocycles. The Hall–Kier alpha value is -1.05. The molecule has 1 amide bonds. The van der Waals surface area contributed by atoms with E-state index in [0.29, 0.717) is 13.0 Å². The number of ether oxygens (including phenoxy) is 4. The normalized spacial score (nSPS) is 43.8. The van der Waals surface area contributed by atoms with Crippen molar-refractivity contribution < 1.29 is 39.1 Å². The summed E-state index contributed by atoms with van der Waals surface area (Å²) in [7, 11) is 0. The highest BCUT2D eigenvalue weighted by atomic mass is 16.7. The minimum atomic E-state index is -1.30. The maximum Gasteiger partial charge on any atom is 0.249 e. The number of amides is 1. The molecule has 2 aliphatic heterocycles. The van der Waals surface area contributed by atoms with Crippen LogP contribution in [0.25, 0.3) is 0 Å². The second kappa shape index (κ2) is 13.8. The van der Waals surface area contributed by atoms with E-state index in [4.69, 9.17) is 53.3 Å². The zero-order valence-electron chi connectivity index (χ0n) is 21.0. The van der Waals surface area contributed by atoms with Gasteiger partial charge in [-0.3, -0.25) is 4.79 Å². The summed E-state index contributed by atoms with van der Waals surface area (Å²) in [5.41, 5.74) is 36.1. The number of aliphatic hydroxyl groups is 3. The molecule has 216 valence electrons. The highest BCUT2D eigenvalue weighted by molar-refractivity contribution is 5.80. The molecular formula is C22H45N7O8. The topological polar surface area (TPSA) is 283 Å². The third kappa shape index (κ3) is 7.54. The lowest BCUT2D eigenvalue weighted by Gasteiger charge is -2.46. The fourth-order valence-corrected chi connectivity index (χ4v) is 4.99. The van der Waals surface area contributed by atoms with E-state index in [9.17, 15) is 20.1 Å². The smallest absolute Gasteiger partial charge is 0.249 e. The van der Waals surface area contributed by atoms with Gasteiger partial charge in [0.15, 0.2) is 12.6 Å². The van der Waals surface area contributed by atoms with E-state index in [-0.39, 0.29) is 38.0 Å². The van der Waals surface area contributed by atoms with Gasteiger partial charge in [-0.15, -0.1) is 0 Å². The van der Waals surface area contributed by atoms with Crippen LogP contribution in [0.1, 0.15) is 32.1 Å². The second-order valence-electron chi connectivity index (χ2n) is 10.2. The number of nitrogens with one attached hydrogen (secondary N) is 1. The van der Waals surface area contributed by atoms with Crippen molar-refractivity contribution in [1.29, 1.82) is 0 Å². The summed E-state index contributed by atoms with van der Waals surface area (Å²) in [5.74, 6) is -0.617. The van der Waals surface area contributed by atoms with E-state index < -0.39 is 79.8 Å². The van der Waals surface area contributed by atoms with Crippen molar-refractivity contribution in [2.45, 2.75) is 112 Å². The SMILES string of the molecule is NCC[C@H](O)C(=O)N[C@@H]1C[C@H](N)[C@@H](O[C@H]2O[C@H](CN)CC[C@H]2N)C[C@H]1O[C@H]1O[C@H](CO)[C@@H](O)[C@H](N)[C@H]1N. The second-order valence-corrected chi connectivity index (χ2v) is 10.2. The Morgan fingerprint density at radius 3 is 2.32 bits per heavy atom. The van der Waals surface area contributed by atoms with Crippen molar-refractivity contribution in [2.24, 2.45) is 34.4 Å². The third-order valence-corrected chi connectivity index (χ3v) is 7.39. The predicted octanol–water partition coefficient (Wildman–Crippen LogP) is -5.40. The monoisotopic (exact) mass is 535 g/mol. The van der Waals surface area contributed by atoms with Crippen LogP contribution in [0, 0.1) is 0 Å². The average molecular weight is 536 g/mol. The van der Waals surface area contributed by atoms with Crippen LogP contribution in [-0.2, 0) is 23.7 Å². The molecule has 0 radical (unpaired) electrons. The van der Waals surface area contributed by atoms with Gasteiger partial charge in [0.1, 0.15) is 12.2 Å². The van der Waals surface area contributed by atoms with Crippen LogP contribution in [0.15, 0.2) is 0 Å². The Morgan fingerprint density at radius 1 is 0.973 bits per heavy atom. The van der Waals surface area contributed by atoms with Gasteiger partial charge in [-0.25, -0.2) is 0 Å². The molecule has 13 atom stereocenters. The van der Waals surface area contributed by atoms with E-state index in [1.807, 2.05) is 0 Å². The Labute approximate surface area is 216 Å². The van der Waals surface area contributed by atoms with E-state index in [1.54, 1.807) is 0 Å². The number of rotatable bonds is 10. The van der Waals surface area contributed by atoms with Crippen molar-refractivity contribution in [1.82, 2.24) is 5.32 Å². The molecule has 37 heavy (non-hydrogen) atoms. The summed E-state index contributed by atoms with van der Waals surface area (Å²) >= 11 is 0. The summed E-state index contributed by atoms with van der Waals surface area (Å²) < 4.78 is 24.0. The van der Waals surface area contributed by atoms with E-state index in [1.165, 1.54) is 0 Å². The number of carbonyl (C=O) groups is 1. The number of nitrogens with two attached hydrogens (primary N) is 6. The van der Waals surface area contributed by atoms with E-state index in [0.717, 1.165) is 6.42 Å². The lowest BCUT2D eigenvalue weighted by Crippen LogP contribution is -2.67. The van der Waals surface area contributed by atoms with Crippen LogP contribution >= 0.6 is 0 Å². The van der Waals surface area contributed by atoms with Crippen LogP contribution in [0.2, 0.25) is 0 Å². The van der Waals surface area contributed by atoms with Crippen LogP contribution in [-0.4, -0.2) is 120 Å². The summed E-state index contributed by atoms with van der Waals surface area (Å²) in [4.78, 5) is 12.6. The molecule has 16 N–H and O–H groups in total. The summed E-state index contributed by atoms with van der Waals surface area (Å²) in [5, 5.41) is 32.7. The Morgan fingerprint density at radius 2 is 1.68 bits per heavy atom. The van der Waals surface area contributed by atoms with E-state index in [2.05, 4.69) is 5.32 Å². The van der Waals surface area contributed by atoms with Gasteiger partial charge in [0.25, 0.3) is 0 Å². The first-order valence-electron chi connectivity index (χ1n) is 12.9. The third-order valence-electron chi connectivity index (χ3n) is 7.39. The minimum Gasteiger partial charge on any atom is -0.394 e. The molecule has 0 unspecified atom stereocenters. The fraction of sp³-hybridized carbons (Fsp3) is 0.955. The molecule has 15 heteroatoms. The van der Waals surface area contributed by atoms with Crippen LogP contribution in [0.5, 0.6) is 0 Å². The molecule has 15 nitrogen and oxygen atoms in total. The number of hydrogen-bond donors (Lipinski definition) is 10. The number of aliphatic hydroxyl groups excluding tert-OH is 3. The Balaban J connectivity index is 1.76. The Kier molecular flexibility index (Phi) is 11.4. The maximum atomic E-state index is 12.6. The molecule has 3 rings (SSSR count). The number of hydrogen-bond acceptors (Lipinski definition) is 14. The highest BCUT2D eigenvalue weighted by Crippen LogP contribution is 2.30. The summed E-state index contributed by atoms with van der Waals surface area (Å²) in [6, 6.07) is -3.37. The lowest BCUT2D eigenvalue weighted by atomic mass is 9.85. The minimum absolute atomic E-state index is 0.0859. The Bertz CT molecular complexity index is 725. The quantitative estimate of drug-likeness (QED) is 0.125. The molecule has 0 aromatic carbocycles. The van der Waals surface area contributed by atoms with Crippen molar-refractivity contribution in [2.75, 3.05) is 19.7 Å². The predicted molar refractivity (Wildman–Crippen MR) is 131 cm³/mol. The first kappa shape index (κ1) is 30.5. The summed E-state index contributed by atoms with van der Waals surface area (Å²) in [6.07, 6.45) is -4.84. The first-order chi connectivity index (χ1) is 17.6. The van der Waals surface area contributed by atoms with Gasteiger partial charge in [0, 0.05) is 19.0 Å². The molecule has 1 aliphatic carbocycles. The van der Waals surface area contributed by atoms with Gasteiger partial charge in [-0.1, -0.05) is 0 Å². The lowest BCUT2D eigenvalue weighted by molar-refractivity contribution is -0.274. The molecule has 1 saturated carbocycles. The van der Waals surface area contributed by atoms with E-state index >= 15 is 0 Å². The molecular weight excluding hydrogens is 490 g/mol. The van der Waals surface area contributed by atoms with Crippen LogP contribution in [0.4, 0.5) is 0 Å². The zero-order valence-corrected chi connectivity index (χ0v) is 21.0. The summed E-state index contributed by atoms with van der Waals surface area (Å²) in [6.45, 7) is -0.0235. The van der Waals surface area contributed by atoms with Gasteiger partial charge in [-0.2, -0.15) is 0 Å². The fourth-order valence-electron chi connectivity index (χ4n) is 4.99. The van der Waals surface area contributed by atoms with Crippen molar-refractivity contribution >= 4 is 5.91 Å². The van der Waals surface area contributed by atoms with Gasteiger partial charge in [-0.05, 0) is 32.2 Å². The van der Waals surface area contributed by atoms with Crippen molar-refractivity contribution in [3.8, 4) is 0 Å². The first-order valence-corrected chi connectivity index (χ1v) is 12.9. The highest BCUT2D eigenvalue weighted by Gasteiger charge is 2.46. The van der Waals surface area contributed by atoms with Crippen LogP contribution in [0.3, 0.4) is 0 Å². The van der Waals surface area contributed by atoms with Crippen LogP contribution < -0.4 is 39.7 Å². The van der Waals surface area contributed by atoms with Gasteiger partial charge < -0.3 is 74.0 Å². The van der Waals surface area contributed by atoms with Crippen molar-refractivity contribution in [3.05, 3.63) is 0 Å². The van der Waals surface area contributed by atoms with Crippen molar-refractivity contribution in [3.63, 3.8) is 0 Å². The molecule has 0 aromatic rings. The molecule has 3 fully saturated rings. The molecule has 0 spiro atoms. The molecule has 2 saturated heterocycles. The number of carbonyl (C=O) groups excluding carboxylic acids is 1. The molecule has 0 aromatic heterocycles. The van der Waals surface area contributed by atoms with Gasteiger partial charge in [0.2, 0.25) is 5.91 Å². The molecule has 0 bridgehead atoms. The van der Waals surface area contributed by atoms with Gasteiger partial charge in [0.05, 0.1) is 55.2 Å². The average Bonchev–Trinajstić information content (AvgIpc) is 2.88. The zero-order chi connectivity index (χ0) is 27.3. The largest absolute Gasteiger partial charge is 0.394 e.